The van der Waals surface area contributed by atoms with Crippen LogP contribution in [0.3, 0.4) is 0 Å². The highest BCUT2D eigenvalue weighted by atomic mass is 32.2. The van der Waals surface area contributed by atoms with Gasteiger partial charge in [0.1, 0.15) is 0 Å². The average Bonchev–Trinajstić information content (AvgIpc) is 2.93. The summed E-state index contributed by atoms with van der Waals surface area (Å²) in [4.78, 5) is 0. The van der Waals surface area contributed by atoms with E-state index in [9.17, 15) is 8.42 Å². The monoisotopic (exact) mass is 292 g/mol. The zero-order valence-corrected chi connectivity index (χ0v) is 12.5. The van der Waals surface area contributed by atoms with E-state index < -0.39 is 9.84 Å². The van der Waals surface area contributed by atoms with Crippen molar-refractivity contribution in [1.82, 2.24) is 9.88 Å². The Morgan fingerprint density at radius 2 is 2.20 bits per heavy atom. The summed E-state index contributed by atoms with van der Waals surface area (Å²) in [7, 11) is -2.79. The van der Waals surface area contributed by atoms with Gasteiger partial charge in [-0.1, -0.05) is 12.1 Å². The molecular weight excluding hydrogens is 272 g/mol. The molecule has 0 bridgehead atoms. The van der Waals surface area contributed by atoms with E-state index in [4.69, 9.17) is 0 Å². The molecule has 20 heavy (non-hydrogen) atoms. The molecule has 1 aromatic carbocycles. The van der Waals surface area contributed by atoms with Crippen molar-refractivity contribution < 1.29 is 8.42 Å². The molecule has 2 aromatic rings. The van der Waals surface area contributed by atoms with E-state index in [1.165, 1.54) is 16.5 Å². The van der Waals surface area contributed by atoms with Crippen molar-refractivity contribution in [2.24, 2.45) is 0 Å². The van der Waals surface area contributed by atoms with Gasteiger partial charge in [-0.15, -0.1) is 0 Å². The summed E-state index contributed by atoms with van der Waals surface area (Å²) in [5, 5.41) is 4.60. The summed E-state index contributed by atoms with van der Waals surface area (Å²) in [6, 6.07) is 8.69. The first-order valence-electron chi connectivity index (χ1n) is 7.03. The average molecular weight is 292 g/mol. The van der Waals surface area contributed by atoms with Crippen LogP contribution >= 0.6 is 0 Å². The van der Waals surface area contributed by atoms with Crippen LogP contribution in [-0.2, 0) is 16.4 Å². The van der Waals surface area contributed by atoms with E-state index in [0.29, 0.717) is 11.5 Å². The maximum Gasteiger partial charge on any atom is 0.151 e. The maximum absolute atomic E-state index is 11.4. The second-order valence-electron chi connectivity index (χ2n) is 5.63. The van der Waals surface area contributed by atoms with Gasteiger partial charge in [0.2, 0.25) is 0 Å². The smallest absolute Gasteiger partial charge is 0.151 e. The Balaban J connectivity index is 1.62. The largest absolute Gasteiger partial charge is 0.346 e. The molecule has 1 N–H and O–H groups in total. The third-order valence-corrected chi connectivity index (χ3v) is 5.72. The highest BCUT2D eigenvalue weighted by molar-refractivity contribution is 7.91. The van der Waals surface area contributed by atoms with Crippen LogP contribution in [0.1, 0.15) is 12.0 Å². The van der Waals surface area contributed by atoms with E-state index >= 15 is 0 Å². The Morgan fingerprint density at radius 3 is 2.95 bits per heavy atom. The SMILES string of the molecule is Cc1ccc2ccn(CCNC3CCS(=O)(=O)C3)c2c1. The first-order valence-corrected chi connectivity index (χ1v) is 8.85. The number of nitrogens with zero attached hydrogens (tertiary/aromatic N) is 1. The summed E-state index contributed by atoms with van der Waals surface area (Å²) < 4.78 is 25.0. The second-order valence-corrected chi connectivity index (χ2v) is 7.85. The van der Waals surface area contributed by atoms with Crippen molar-refractivity contribution in [2.45, 2.75) is 25.9 Å². The molecular formula is C15H20N2O2S. The number of aromatic nitrogens is 1. The fraction of sp³-hybridized carbons (Fsp3) is 0.467. The van der Waals surface area contributed by atoms with Gasteiger partial charge in [-0.25, -0.2) is 8.42 Å². The van der Waals surface area contributed by atoms with Gasteiger partial charge in [-0.05, 0) is 36.4 Å². The van der Waals surface area contributed by atoms with Gasteiger partial charge in [-0.2, -0.15) is 0 Å². The van der Waals surface area contributed by atoms with Crippen LogP contribution in [0.5, 0.6) is 0 Å². The van der Waals surface area contributed by atoms with Crippen LogP contribution in [0.2, 0.25) is 0 Å². The van der Waals surface area contributed by atoms with Gasteiger partial charge in [-0.3, -0.25) is 0 Å². The van der Waals surface area contributed by atoms with Crippen molar-refractivity contribution in [1.29, 1.82) is 0 Å². The third-order valence-electron chi connectivity index (χ3n) is 3.95. The van der Waals surface area contributed by atoms with Crippen LogP contribution < -0.4 is 5.32 Å². The molecule has 5 heteroatoms. The molecule has 1 saturated heterocycles. The standard InChI is InChI=1S/C15H20N2O2S/c1-12-2-3-13-4-7-17(15(13)10-12)8-6-16-14-5-9-20(18,19)11-14/h2-4,7,10,14,16H,5-6,8-9,11H2,1H3. The van der Waals surface area contributed by atoms with Crippen molar-refractivity contribution in [3.8, 4) is 0 Å². The zero-order valence-electron chi connectivity index (χ0n) is 11.7. The number of aryl methyl sites for hydroxylation is 1. The summed E-state index contributed by atoms with van der Waals surface area (Å²) in [6.45, 7) is 3.76. The number of nitrogens with one attached hydrogen (secondary N) is 1. The van der Waals surface area contributed by atoms with Gasteiger partial charge < -0.3 is 9.88 Å². The molecule has 0 radical (unpaired) electrons. The highest BCUT2D eigenvalue weighted by Crippen LogP contribution is 2.17. The molecule has 1 aliphatic rings. The van der Waals surface area contributed by atoms with Crippen molar-refractivity contribution >= 4 is 20.7 Å². The van der Waals surface area contributed by atoms with E-state index in [1.54, 1.807) is 0 Å². The maximum atomic E-state index is 11.4. The fourth-order valence-electron chi connectivity index (χ4n) is 2.83. The molecule has 1 aliphatic heterocycles. The number of hydrogen-bond acceptors (Lipinski definition) is 3. The molecule has 2 heterocycles. The minimum Gasteiger partial charge on any atom is -0.346 e. The minimum atomic E-state index is -2.79. The van der Waals surface area contributed by atoms with Crippen LogP contribution in [0, 0.1) is 6.92 Å². The van der Waals surface area contributed by atoms with E-state index in [1.807, 2.05) is 0 Å². The Bertz CT molecular complexity index is 719. The van der Waals surface area contributed by atoms with Gasteiger partial charge >= 0.3 is 0 Å². The quantitative estimate of drug-likeness (QED) is 0.933. The van der Waals surface area contributed by atoms with Gasteiger partial charge in [0.15, 0.2) is 9.84 Å². The van der Waals surface area contributed by atoms with Crippen molar-refractivity contribution in [3.05, 3.63) is 36.0 Å². The lowest BCUT2D eigenvalue weighted by molar-refractivity contribution is 0.525. The van der Waals surface area contributed by atoms with Crippen molar-refractivity contribution in [3.63, 3.8) is 0 Å². The molecule has 1 fully saturated rings. The molecule has 0 spiro atoms. The van der Waals surface area contributed by atoms with E-state index in [0.717, 1.165) is 19.5 Å². The third kappa shape index (κ3) is 2.88. The summed E-state index contributed by atoms with van der Waals surface area (Å²) in [5.41, 5.74) is 2.50. The van der Waals surface area contributed by atoms with Crippen LogP contribution in [0.15, 0.2) is 30.5 Å². The van der Waals surface area contributed by atoms with Crippen LogP contribution in [-0.4, -0.2) is 37.1 Å². The molecule has 1 unspecified atom stereocenters. The topological polar surface area (TPSA) is 51.1 Å². The lowest BCUT2D eigenvalue weighted by Gasteiger charge is -2.12. The molecule has 0 saturated carbocycles. The van der Waals surface area contributed by atoms with Crippen molar-refractivity contribution in [2.75, 3.05) is 18.1 Å². The Labute approximate surface area is 119 Å². The molecule has 1 atom stereocenters. The summed E-state index contributed by atoms with van der Waals surface area (Å²) in [5.74, 6) is 0.620. The lowest BCUT2D eigenvalue weighted by atomic mass is 10.2. The highest BCUT2D eigenvalue weighted by Gasteiger charge is 2.26. The molecule has 3 rings (SSSR count). The molecule has 108 valence electrons. The number of fused-ring (bicyclic) bond motifs is 1. The minimum absolute atomic E-state index is 0.128. The molecule has 0 aliphatic carbocycles. The number of hydrogen-bond donors (Lipinski definition) is 1. The summed E-state index contributed by atoms with van der Waals surface area (Å²) >= 11 is 0. The predicted molar refractivity (Wildman–Crippen MR) is 81.7 cm³/mol. The van der Waals surface area contributed by atoms with Gasteiger partial charge in [0.05, 0.1) is 11.5 Å². The normalized spacial score (nSPS) is 21.6. The predicted octanol–water partition coefficient (Wildman–Crippen LogP) is 1.73. The molecule has 0 amide bonds. The van der Waals surface area contributed by atoms with Gasteiger partial charge in [0.25, 0.3) is 0 Å². The number of sulfone groups is 1. The molecule has 4 nitrogen and oxygen atoms in total. The second kappa shape index (κ2) is 5.22. The van der Waals surface area contributed by atoms with E-state index in [2.05, 4.69) is 47.3 Å². The Hall–Kier alpha value is -1.33. The first-order chi connectivity index (χ1) is 9.53. The first kappa shape index (κ1) is 13.6. The van der Waals surface area contributed by atoms with Gasteiger partial charge in [0, 0.05) is 30.8 Å². The fourth-order valence-corrected chi connectivity index (χ4v) is 4.54. The summed E-state index contributed by atoms with van der Waals surface area (Å²) in [6.07, 6.45) is 2.84. The molecule has 1 aromatic heterocycles. The zero-order chi connectivity index (χ0) is 14.2. The Kier molecular flexibility index (Phi) is 3.56. The van der Waals surface area contributed by atoms with Crippen LogP contribution in [0.25, 0.3) is 10.9 Å². The van der Waals surface area contributed by atoms with E-state index in [-0.39, 0.29) is 6.04 Å². The van der Waals surface area contributed by atoms with Crippen LogP contribution in [0.4, 0.5) is 0 Å². The number of rotatable bonds is 4. The lowest BCUT2D eigenvalue weighted by Crippen LogP contribution is -2.32. The number of benzene rings is 1. The Morgan fingerprint density at radius 1 is 1.35 bits per heavy atom.